The van der Waals surface area contributed by atoms with Crippen LogP contribution in [0.25, 0.3) is 11.2 Å². The van der Waals surface area contributed by atoms with Gasteiger partial charge in [0.25, 0.3) is 0 Å². The molecule has 0 aliphatic heterocycles. The van der Waals surface area contributed by atoms with Gasteiger partial charge >= 0.3 is 0 Å². The molecule has 0 aliphatic carbocycles. The van der Waals surface area contributed by atoms with E-state index >= 15 is 0 Å². The molecule has 0 bridgehead atoms. The maximum Gasteiger partial charge on any atom is 0.178 e. The van der Waals surface area contributed by atoms with Crippen molar-refractivity contribution in [2.24, 2.45) is 5.92 Å². The van der Waals surface area contributed by atoms with Crippen LogP contribution in [0.2, 0.25) is 0 Å². The van der Waals surface area contributed by atoms with Crippen molar-refractivity contribution in [1.82, 2.24) is 14.5 Å². The zero-order chi connectivity index (χ0) is 12.4. The van der Waals surface area contributed by atoms with Crippen LogP contribution in [0.5, 0.6) is 0 Å². The second kappa shape index (κ2) is 4.86. The summed E-state index contributed by atoms with van der Waals surface area (Å²) >= 11 is 0. The highest BCUT2D eigenvalue weighted by Crippen LogP contribution is 2.17. The predicted molar refractivity (Wildman–Crippen MR) is 71.1 cm³/mol. The normalized spacial score (nSPS) is 11.6. The van der Waals surface area contributed by atoms with E-state index in [2.05, 4.69) is 47.4 Å². The molecule has 2 aromatic heterocycles. The minimum Gasteiger partial charge on any atom is -0.327 e. The van der Waals surface area contributed by atoms with E-state index < -0.39 is 0 Å². The average Bonchev–Trinajstić information content (AvgIpc) is 2.63. The lowest BCUT2D eigenvalue weighted by atomic mass is 10.1. The van der Waals surface area contributed by atoms with E-state index in [-0.39, 0.29) is 0 Å². The third kappa shape index (κ3) is 2.48. The molecule has 0 radical (unpaired) electrons. The van der Waals surface area contributed by atoms with Crippen molar-refractivity contribution in [3.63, 3.8) is 0 Å². The molecule has 0 atom stereocenters. The first-order valence-electron chi connectivity index (χ1n) is 6.44. The topological polar surface area (TPSA) is 30.7 Å². The van der Waals surface area contributed by atoms with Gasteiger partial charge in [0.05, 0.1) is 5.52 Å². The van der Waals surface area contributed by atoms with Crippen LogP contribution in [-0.2, 0) is 13.0 Å². The van der Waals surface area contributed by atoms with Crippen molar-refractivity contribution in [3.8, 4) is 0 Å². The van der Waals surface area contributed by atoms with E-state index in [4.69, 9.17) is 0 Å². The van der Waals surface area contributed by atoms with Gasteiger partial charge in [-0.1, -0.05) is 20.8 Å². The monoisotopic (exact) mass is 231 g/mol. The van der Waals surface area contributed by atoms with Crippen molar-refractivity contribution < 1.29 is 0 Å². The van der Waals surface area contributed by atoms with E-state index in [1.165, 1.54) is 11.9 Å². The molecule has 3 nitrogen and oxygen atoms in total. The Hall–Kier alpha value is -1.38. The van der Waals surface area contributed by atoms with Crippen LogP contribution in [0.15, 0.2) is 12.1 Å². The Morgan fingerprint density at radius 1 is 1.24 bits per heavy atom. The first kappa shape index (κ1) is 12.1. The molecule has 0 saturated heterocycles. The van der Waals surface area contributed by atoms with Gasteiger partial charge in [-0.15, -0.1) is 0 Å². The van der Waals surface area contributed by atoms with Crippen LogP contribution in [-0.4, -0.2) is 14.5 Å². The first-order chi connectivity index (χ1) is 8.11. The second-order valence-electron chi connectivity index (χ2n) is 5.01. The smallest absolute Gasteiger partial charge is 0.178 e. The SMILES string of the molecule is CCc1nc2nc(C)ccc2n1CCC(C)C. The number of fused-ring (bicyclic) bond motifs is 1. The molecule has 0 aliphatic rings. The molecule has 2 aromatic rings. The molecular formula is C14H21N3. The lowest BCUT2D eigenvalue weighted by molar-refractivity contribution is 0.513. The van der Waals surface area contributed by atoms with Gasteiger partial charge in [-0.3, -0.25) is 0 Å². The zero-order valence-electron chi connectivity index (χ0n) is 11.2. The number of nitrogens with zero attached hydrogens (tertiary/aromatic N) is 3. The number of aromatic nitrogens is 3. The summed E-state index contributed by atoms with van der Waals surface area (Å²) in [6, 6.07) is 4.21. The van der Waals surface area contributed by atoms with E-state index in [1.807, 2.05) is 6.92 Å². The number of pyridine rings is 1. The van der Waals surface area contributed by atoms with Gasteiger partial charge in [-0.25, -0.2) is 9.97 Å². The Labute approximate surface area is 103 Å². The average molecular weight is 231 g/mol. The summed E-state index contributed by atoms with van der Waals surface area (Å²) in [6.07, 6.45) is 2.15. The third-order valence-electron chi connectivity index (χ3n) is 3.08. The summed E-state index contributed by atoms with van der Waals surface area (Å²) in [7, 11) is 0. The molecule has 3 heteroatoms. The van der Waals surface area contributed by atoms with E-state index in [1.54, 1.807) is 0 Å². The number of aryl methyl sites for hydroxylation is 3. The van der Waals surface area contributed by atoms with E-state index in [9.17, 15) is 0 Å². The molecule has 2 rings (SSSR count). The largest absolute Gasteiger partial charge is 0.327 e. The fourth-order valence-electron chi connectivity index (χ4n) is 2.06. The zero-order valence-corrected chi connectivity index (χ0v) is 11.2. The van der Waals surface area contributed by atoms with Crippen molar-refractivity contribution in [2.75, 3.05) is 0 Å². The van der Waals surface area contributed by atoms with Gasteiger partial charge in [0.15, 0.2) is 5.65 Å². The van der Waals surface area contributed by atoms with Crippen LogP contribution >= 0.6 is 0 Å². The van der Waals surface area contributed by atoms with Crippen LogP contribution in [0.3, 0.4) is 0 Å². The molecule has 0 unspecified atom stereocenters. The third-order valence-corrected chi connectivity index (χ3v) is 3.08. The minimum absolute atomic E-state index is 0.718. The molecule has 0 spiro atoms. The van der Waals surface area contributed by atoms with Gasteiger partial charge in [0.1, 0.15) is 5.82 Å². The summed E-state index contributed by atoms with van der Waals surface area (Å²) in [6.45, 7) is 9.72. The van der Waals surface area contributed by atoms with Crippen LogP contribution in [0.1, 0.15) is 38.7 Å². The standard InChI is InChI=1S/C14H21N3/c1-5-13-16-14-12(7-6-11(4)15-14)17(13)9-8-10(2)3/h6-7,10H,5,8-9H2,1-4H3. The Morgan fingerprint density at radius 2 is 2.00 bits per heavy atom. The summed E-state index contributed by atoms with van der Waals surface area (Å²) in [5.74, 6) is 1.87. The van der Waals surface area contributed by atoms with Crippen molar-refractivity contribution in [2.45, 2.75) is 47.1 Å². The quantitative estimate of drug-likeness (QED) is 0.808. The Bertz CT molecular complexity index is 511. The van der Waals surface area contributed by atoms with Gasteiger partial charge in [-0.2, -0.15) is 0 Å². The van der Waals surface area contributed by atoms with Crippen LogP contribution in [0, 0.1) is 12.8 Å². The molecule has 0 aromatic carbocycles. The van der Waals surface area contributed by atoms with Gasteiger partial charge in [0.2, 0.25) is 0 Å². The maximum absolute atomic E-state index is 4.62. The first-order valence-corrected chi connectivity index (χ1v) is 6.44. The van der Waals surface area contributed by atoms with Crippen molar-refractivity contribution in [3.05, 3.63) is 23.7 Å². The lowest BCUT2D eigenvalue weighted by Crippen LogP contribution is -2.05. The molecule has 17 heavy (non-hydrogen) atoms. The highest BCUT2D eigenvalue weighted by molar-refractivity contribution is 5.71. The van der Waals surface area contributed by atoms with E-state index in [0.717, 1.165) is 36.0 Å². The summed E-state index contributed by atoms with van der Waals surface area (Å²) in [5.41, 5.74) is 3.10. The number of hydrogen-bond donors (Lipinski definition) is 0. The van der Waals surface area contributed by atoms with Crippen LogP contribution < -0.4 is 0 Å². The van der Waals surface area contributed by atoms with Crippen molar-refractivity contribution in [1.29, 1.82) is 0 Å². The second-order valence-corrected chi connectivity index (χ2v) is 5.01. The maximum atomic E-state index is 4.62. The Morgan fingerprint density at radius 3 is 2.65 bits per heavy atom. The fraction of sp³-hybridized carbons (Fsp3) is 0.571. The van der Waals surface area contributed by atoms with Crippen LogP contribution in [0.4, 0.5) is 0 Å². The molecular weight excluding hydrogens is 210 g/mol. The lowest BCUT2D eigenvalue weighted by Gasteiger charge is -2.09. The molecule has 0 saturated carbocycles. The van der Waals surface area contributed by atoms with Gasteiger partial charge in [-0.05, 0) is 31.4 Å². The number of hydrogen-bond acceptors (Lipinski definition) is 2. The highest BCUT2D eigenvalue weighted by atomic mass is 15.1. The van der Waals surface area contributed by atoms with Gasteiger partial charge in [0, 0.05) is 18.7 Å². The summed E-state index contributed by atoms with van der Waals surface area (Å²) in [4.78, 5) is 9.12. The molecule has 0 N–H and O–H groups in total. The Balaban J connectivity index is 2.43. The summed E-state index contributed by atoms with van der Waals surface area (Å²) < 4.78 is 2.32. The van der Waals surface area contributed by atoms with Gasteiger partial charge < -0.3 is 4.57 Å². The Kier molecular flexibility index (Phi) is 3.46. The predicted octanol–water partition coefficient (Wildman–Crippen LogP) is 3.35. The number of rotatable bonds is 4. The highest BCUT2D eigenvalue weighted by Gasteiger charge is 2.10. The molecule has 92 valence electrons. The molecule has 0 amide bonds. The van der Waals surface area contributed by atoms with E-state index in [0.29, 0.717) is 0 Å². The summed E-state index contributed by atoms with van der Waals surface area (Å²) in [5, 5.41) is 0. The number of imidazole rings is 1. The fourth-order valence-corrected chi connectivity index (χ4v) is 2.06. The molecule has 0 fully saturated rings. The van der Waals surface area contributed by atoms with Crippen molar-refractivity contribution >= 4 is 11.2 Å². The minimum atomic E-state index is 0.718. The molecule has 2 heterocycles.